The second-order valence-corrected chi connectivity index (χ2v) is 4.78. The predicted octanol–water partition coefficient (Wildman–Crippen LogP) is 1.70. The van der Waals surface area contributed by atoms with E-state index >= 15 is 0 Å². The van der Waals surface area contributed by atoms with Gasteiger partial charge in [-0.3, -0.25) is 9.59 Å². The first kappa shape index (κ1) is 11.1. The van der Waals surface area contributed by atoms with Gasteiger partial charge in [-0.25, -0.2) is 0 Å². The molecule has 0 fully saturated rings. The monoisotopic (exact) mass is 284 g/mol. The third-order valence-electron chi connectivity index (χ3n) is 3.01. The average molecular weight is 285 g/mol. The number of hydrogen-bond donors (Lipinski definition) is 2. The Kier molecular flexibility index (Phi) is 2.50. The molecule has 2 rings (SSSR count). The van der Waals surface area contributed by atoms with Crippen molar-refractivity contribution in [1.29, 1.82) is 0 Å². The van der Waals surface area contributed by atoms with Gasteiger partial charge in [-0.05, 0) is 23.6 Å². The van der Waals surface area contributed by atoms with Crippen LogP contribution in [-0.4, -0.2) is 22.2 Å². The third-order valence-corrected chi connectivity index (χ3v) is 3.75. The smallest absolute Gasteiger partial charge is 0.321 e. The summed E-state index contributed by atoms with van der Waals surface area (Å²) in [6.45, 7) is 0. The fourth-order valence-corrected chi connectivity index (χ4v) is 2.60. The molecule has 84 valence electrons. The van der Waals surface area contributed by atoms with Crippen molar-refractivity contribution in [2.45, 2.75) is 12.8 Å². The van der Waals surface area contributed by atoms with Crippen LogP contribution in [-0.2, 0) is 22.4 Å². The number of carbonyl (C=O) groups is 2. The first-order valence-corrected chi connectivity index (χ1v) is 5.50. The van der Waals surface area contributed by atoms with Crippen LogP contribution in [0.5, 0.6) is 0 Å². The zero-order chi connectivity index (χ0) is 11.9. The van der Waals surface area contributed by atoms with Crippen molar-refractivity contribution in [3.05, 3.63) is 33.8 Å². The van der Waals surface area contributed by atoms with Gasteiger partial charge in [0.2, 0.25) is 0 Å². The van der Waals surface area contributed by atoms with Gasteiger partial charge in [0.1, 0.15) is 0 Å². The predicted molar refractivity (Wildman–Crippen MR) is 59.3 cm³/mol. The molecule has 0 aromatic heterocycles. The fraction of sp³-hybridized carbons (Fsp3) is 0.273. The quantitative estimate of drug-likeness (QED) is 0.811. The number of aliphatic carboxylic acids is 2. The summed E-state index contributed by atoms with van der Waals surface area (Å²) in [6.07, 6.45) is 0.0842. The molecule has 0 spiro atoms. The lowest BCUT2D eigenvalue weighted by Gasteiger charge is -2.17. The summed E-state index contributed by atoms with van der Waals surface area (Å²) in [5.41, 5.74) is -0.127. The van der Waals surface area contributed by atoms with Gasteiger partial charge in [-0.1, -0.05) is 28.1 Å². The molecule has 0 unspecified atom stereocenters. The molecule has 1 aromatic rings. The molecule has 0 amide bonds. The Morgan fingerprint density at radius 2 is 1.81 bits per heavy atom. The number of rotatable bonds is 2. The number of carboxylic acids is 2. The molecule has 1 aromatic carbocycles. The Hall–Kier alpha value is -1.36. The van der Waals surface area contributed by atoms with Gasteiger partial charge in [-0.15, -0.1) is 0 Å². The van der Waals surface area contributed by atoms with Crippen LogP contribution < -0.4 is 0 Å². The van der Waals surface area contributed by atoms with Crippen LogP contribution in [0.3, 0.4) is 0 Å². The lowest BCUT2D eigenvalue weighted by atomic mass is 9.85. The molecule has 0 heterocycles. The van der Waals surface area contributed by atoms with Crippen molar-refractivity contribution in [2.75, 3.05) is 0 Å². The zero-order valence-electron chi connectivity index (χ0n) is 8.24. The molecule has 0 bridgehead atoms. The second kappa shape index (κ2) is 3.59. The van der Waals surface area contributed by atoms with E-state index < -0.39 is 17.4 Å². The Bertz CT molecular complexity index is 467. The van der Waals surface area contributed by atoms with E-state index in [9.17, 15) is 9.59 Å². The minimum absolute atomic E-state index is 0.0361. The van der Waals surface area contributed by atoms with Crippen LogP contribution in [0.1, 0.15) is 11.1 Å². The van der Waals surface area contributed by atoms with Crippen LogP contribution in [0.4, 0.5) is 0 Å². The number of fused-ring (bicyclic) bond motifs is 1. The second-order valence-electron chi connectivity index (χ2n) is 3.92. The lowest BCUT2D eigenvalue weighted by Crippen LogP contribution is -2.40. The highest BCUT2D eigenvalue weighted by Crippen LogP contribution is 2.40. The molecule has 0 saturated heterocycles. The average Bonchev–Trinajstić information content (AvgIpc) is 2.59. The van der Waals surface area contributed by atoms with Gasteiger partial charge in [0.15, 0.2) is 5.41 Å². The van der Waals surface area contributed by atoms with Crippen LogP contribution in [0.2, 0.25) is 0 Å². The van der Waals surface area contributed by atoms with Gasteiger partial charge in [-0.2, -0.15) is 0 Å². The molecular formula is C11H9BrO4. The zero-order valence-corrected chi connectivity index (χ0v) is 9.82. The standard InChI is InChI=1S/C11H9BrO4/c12-8-3-1-2-6-4-11(9(13)14,10(15)16)5-7(6)8/h1-3H,4-5H2,(H,13,14)(H,15,16). The Morgan fingerprint density at radius 3 is 2.31 bits per heavy atom. The summed E-state index contributed by atoms with van der Waals surface area (Å²) >= 11 is 3.31. The van der Waals surface area contributed by atoms with Gasteiger partial charge >= 0.3 is 11.9 Å². The van der Waals surface area contributed by atoms with Crippen LogP contribution in [0, 0.1) is 5.41 Å². The minimum atomic E-state index is -1.70. The largest absolute Gasteiger partial charge is 0.480 e. The van der Waals surface area contributed by atoms with Gasteiger partial charge < -0.3 is 10.2 Å². The number of halogens is 1. The van der Waals surface area contributed by atoms with Crippen molar-refractivity contribution in [1.82, 2.24) is 0 Å². The highest BCUT2D eigenvalue weighted by molar-refractivity contribution is 9.10. The molecule has 1 aliphatic rings. The van der Waals surface area contributed by atoms with Crippen LogP contribution in [0.15, 0.2) is 22.7 Å². The Balaban J connectivity index is 2.51. The lowest BCUT2D eigenvalue weighted by molar-refractivity contribution is -0.163. The maximum Gasteiger partial charge on any atom is 0.321 e. The van der Waals surface area contributed by atoms with Gasteiger partial charge in [0, 0.05) is 10.9 Å². The highest BCUT2D eigenvalue weighted by Gasteiger charge is 2.51. The summed E-state index contributed by atoms with van der Waals surface area (Å²) in [4.78, 5) is 22.3. The summed E-state index contributed by atoms with van der Waals surface area (Å²) in [6, 6.07) is 5.34. The SMILES string of the molecule is O=C(O)C1(C(=O)O)Cc2cccc(Br)c2C1. The van der Waals surface area contributed by atoms with E-state index in [-0.39, 0.29) is 12.8 Å². The molecule has 4 nitrogen and oxygen atoms in total. The highest BCUT2D eigenvalue weighted by atomic mass is 79.9. The van der Waals surface area contributed by atoms with E-state index in [2.05, 4.69) is 15.9 Å². The molecule has 2 N–H and O–H groups in total. The van der Waals surface area contributed by atoms with E-state index in [1.54, 1.807) is 18.2 Å². The first-order valence-electron chi connectivity index (χ1n) is 4.70. The molecule has 0 aliphatic heterocycles. The van der Waals surface area contributed by atoms with Crippen LogP contribution in [0.25, 0.3) is 0 Å². The van der Waals surface area contributed by atoms with Crippen LogP contribution >= 0.6 is 15.9 Å². The number of hydrogen-bond acceptors (Lipinski definition) is 2. The van der Waals surface area contributed by atoms with Gasteiger partial charge in [0.05, 0.1) is 0 Å². The van der Waals surface area contributed by atoms with E-state index in [1.165, 1.54) is 0 Å². The van der Waals surface area contributed by atoms with E-state index in [0.717, 1.165) is 15.6 Å². The number of benzene rings is 1. The Labute approximate surface area is 100 Å². The fourth-order valence-electron chi connectivity index (χ4n) is 2.05. The maximum atomic E-state index is 11.1. The van der Waals surface area contributed by atoms with Crippen molar-refractivity contribution >= 4 is 27.9 Å². The third kappa shape index (κ3) is 1.43. The minimum Gasteiger partial charge on any atom is -0.480 e. The normalized spacial score (nSPS) is 16.8. The van der Waals surface area contributed by atoms with E-state index in [4.69, 9.17) is 10.2 Å². The summed E-state index contributed by atoms with van der Waals surface area (Å²) in [5, 5.41) is 18.2. The number of carboxylic acid groups (broad SMARTS) is 2. The molecule has 0 radical (unpaired) electrons. The summed E-state index contributed by atoms with van der Waals surface area (Å²) < 4.78 is 0.773. The molecule has 0 atom stereocenters. The van der Waals surface area contributed by atoms with Gasteiger partial charge in [0.25, 0.3) is 0 Å². The van der Waals surface area contributed by atoms with E-state index in [0.29, 0.717) is 0 Å². The molecule has 0 saturated carbocycles. The molecule has 1 aliphatic carbocycles. The topological polar surface area (TPSA) is 74.6 Å². The van der Waals surface area contributed by atoms with Crippen molar-refractivity contribution < 1.29 is 19.8 Å². The summed E-state index contributed by atoms with van der Waals surface area (Å²) in [7, 11) is 0. The maximum absolute atomic E-state index is 11.1. The van der Waals surface area contributed by atoms with Crippen molar-refractivity contribution in [2.24, 2.45) is 5.41 Å². The first-order chi connectivity index (χ1) is 7.47. The Morgan fingerprint density at radius 1 is 1.19 bits per heavy atom. The van der Waals surface area contributed by atoms with Crippen molar-refractivity contribution in [3.8, 4) is 0 Å². The molecular weight excluding hydrogens is 276 g/mol. The van der Waals surface area contributed by atoms with E-state index in [1.807, 2.05) is 0 Å². The van der Waals surface area contributed by atoms with Crippen molar-refractivity contribution in [3.63, 3.8) is 0 Å². The molecule has 5 heteroatoms. The summed E-state index contributed by atoms with van der Waals surface area (Å²) in [5.74, 6) is -2.55. The molecule has 16 heavy (non-hydrogen) atoms.